The van der Waals surface area contributed by atoms with Gasteiger partial charge in [-0.3, -0.25) is 0 Å². The van der Waals surface area contributed by atoms with Crippen LogP contribution < -0.4 is 0 Å². The maximum absolute atomic E-state index is 2.64. The summed E-state index contributed by atoms with van der Waals surface area (Å²) < 4.78 is 0. The van der Waals surface area contributed by atoms with E-state index in [1.54, 1.807) is 0 Å². The first-order valence-electron chi connectivity index (χ1n) is 5.87. The van der Waals surface area contributed by atoms with Crippen LogP contribution in [-0.4, -0.2) is 24.5 Å². The van der Waals surface area contributed by atoms with E-state index in [9.17, 15) is 0 Å². The Morgan fingerprint density at radius 1 is 1.38 bits per heavy atom. The van der Waals surface area contributed by atoms with Crippen LogP contribution in [0.5, 0.6) is 0 Å². The van der Waals surface area contributed by atoms with Gasteiger partial charge in [-0.25, -0.2) is 0 Å². The first-order chi connectivity index (χ1) is 6.15. The molecule has 1 aliphatic heterocycles. The highest BCUT2D eigenvalue weighted by Crippen LogP contribution is 2.28. The van der Waals surface area contributed by atoms with Crippen molar-refractivity contribution in [1.29, 1.82) is 0 Å². The van der Waals surface area contributed by atoms with Crippen molar-refractivity contribution in [3.8, 4) is 0 Å². The molecule has 0 amide bonds. The maximum atomic E-state index is 2.64. The maximum Gasteiger partial charge on any atom is 0.00147 e. The van der Waals surface area contributed by atoms with Crippen LogP contribution in [0.2, 0.25) is 0 Å². The van der Waals surface area contributed by atoms with E-state index >= 15 is 0 Å². The summed E-state index contributed by atoms with van der Waals surface area (Å²) in [7, 11) is 0. The normalized spacial score (nSPS) is 31.2. The van der Waals surface area contributed by atoms with Gasteiger partial charge in [-0.15, -0.1) is 0 Å². The van der Waals surface area contributed by atoms with Gasteiger partial charge in [0.25, 0.3) is 0 Å². The lowest BCUT2D eigenvalue weighted by Gasteiger charge is -2.39. The number of hydrogen-bond donors (Lipinski definition) is 0. The standard InChI is InChI=1S/C12H25N/c1-5-7-13-8-6-11(4)12(9-13)10(2)3/h10-12H,5-9H2,1-4H3/t11-,12+/m0/s1. The number of piperidine rings is 1. The van der Waals surface area contributed by atoms with Gasteiger partial charge in [0, 0.05) is 6.54 Å². The number of rotatable bonds is 3. The van der Waals surface area contributed by atoms with Crippen molar-refractivity contribution < 1.29 is 0 Å². The first-order valence-corrected chi connectivity index (χ1v) is 5.87. The van der Waals surface area contributed by atoms with Crippen molar-refractivity contribution in [2.24, 2.45) is 17.8 Å². The summed E-state index contributed by atoms with van der Waals surface area (Å²) in [5.41, 5.74) is 0. The van der Waals surface area contributed by atoms with Gasteiger partial charge in [-0.05, 0) is 43.7 Å². The largest absolute Gasteiger partial charge is 0.303 e. The molecule has 1 aliphatic rings. The lowest BCUT2D eigenvalue weighted by Crippen LogP contribution is -2.41. The fraction of sp³-hybridized carbons (Fsp3) is 1.00. The van der Waals surface area contributed by atoms with Gasteiger partial charge in [-0.1, -0.05) is 27.7 Å². The third-order valence-electron chi connectivity index (χ3n) is 3.50. The van der Waals surface area contributed by atoms with Gasteiger partial charge < -0.3 is 4.90 Å². The smallest absolute Gasteiger partial charge is 0.00147 e. The fourth-order valence-corrected chi connectivity index (χ4v) is 2.56. The van der Waals surface area contributed by atoms with Crippen LogP contribution in [0.4, 0.5) is 0 Å². The van der Waals surface area contributed by atoms with Crippen molar-refractivity contribution >= 4 is 0 Å². The molecule has 13 heavy (non-hydrogen) atoms. The minimum absolute atomic E-state index is 0.856. The molecule has 2 atom stereocenters. The zero-order valence-electron chi connectivity index (χ0n) is 9.71. The predicted octanol–water partition coefficient (Wildman–Crippen LogP) is 3.01. The van der Waals surface area contributed by atoms with Gasteiger partial charge in [0.2, 0.25) is 0 Å². The minimum atomic E-state index is 0.856. The van der Waals surface area contributed by atoms with E-state index in [-0.39, 0.29) is 0 Å². The molecule has 1 heterocycles. The molecule has 1 heteroatoms. The van der Waals surface area contributed by atoms with Crippen LogP contribution in [0.1, 0.15) is 40.5 Å². The van der Waals surface area contributed by atoms with Crippen molar-refractivity contribution in [2.75, 3.05) is 19.6 Å². The van der Waals surface area contributed by atoms with Crippen LogP contribution in [-0.2, 0) is 0 Å². The van der Waals surface area contributed by atoms with E-state index < -0.39 is 0 Å². The van der Waals surface area contributed by atoms with Gasteiger partial charge >= 0.3 is 0 Å². The first kappa shape index (κ1) is 11.0. The van der Waals surface area contributed by atoms with Crippen LogP contribution in [0.15, 0.2) is 0 Å². The van der Waals surface area contributed by atoms with E-state index in [1.165, 1.54) is 32.5 Å². The number of hydrogen-bond acceptors (Lipinski definition) is 1. The van der Waals surface area contributed by atoms with Gasteiger partial charge in [0.15, 0.2) is 0 Å². The summed E-state index contributed by atoms with van der Waals surface area (Å²) in [5.74, 6) is 2.73. The molecule has 0 aromatic heterocycles. The van der Waals surface area contributed by atoms with Crippen LogP contribution >= 0.6 is 0 Å². The van der Waals surface area contributed by atoms with E-state index in [0.717, 1.165) is 17.8 Å². The van der Waals surface area contributed by atoms with E-state index in [2.05, 4.69) is 32.6 Å². The van der Waals surface area contributed by atoms with Gasteiger partial charge in [-0.2, -0.15) is 0 Å². The lowest BCUT2D eigenvalue weighted by molar-refractivity contribution is 0.0981. The molecule has 1 nitrogen and oxygen atoms in total. The molecule has 0 spiro atoms. The third-order valence-corrected chi connectivity index (χ3v) is 3.50. The minimum Gasteiger partial charge on any atom is -0.303 e. The molecular weight excluding hydrogens is 158 g/mol. The third kappa shape index (κ3) is 2.98. The predicted molar refractivity (Wildman–Crippen MR) is 58.8 cm³/mol. The molecule has 0 radical (unpaired) electrons. The molecule has 0 aliphatic carbocycles. The molecule has 1 rings (SSSR count). The summed E-state index contributed by atoms with van der Waals surface area (Å²) in [6.07, 6.45) is 2.71. The van der Waals surface area contributed by atoms with Crippen molar-refractivity contribution in [3.63, 3.8) is 0 Å². The number of likely N-dealkylation sites (tertiary alicyclic amines) is 1. The average Bonchev–Trinajstić information content (AvgIpc) is 2.08. The second-order valence-corrected chi connectivity index (χ2v) is 4.97. The summed E-state index contributed by atoms with van der Waals surface area (Å²) in [5, 5.41) is 0. The fourth-order valence-electron chi connectivity index (χ4n) is 2.56. The Kier molecular flexibility index (Phi) is 4.24. The molecule has 78 valence electrons. The SMILES string of the molecule is CCCN1CC[C@H](C)[C@@H](C(C)C)C1. The van der Waals surface area contributed by atoms with E-state index in [0.29, 0.717) is 0 Å². The zero-order valence-corrected chi connectivity index (χ0v) is 9.71. The van der Waals surface area contributed by atoms with E-state index in [1.807, 2.05) is 0 Å². The summed E-state index contributed by atoms with van der Waals surface area (Å²) >= 11 is 0. The van der Waals surface area contributed by atoms with Gasteiger partial charge in [0.1, 0.15) is 0 Å². The Morgan fingerprint density at radius 2 is 2.08 bits per heavy atom. The molecule has 0 N–H and O–H groups in total. The Labute approximate surface area is 83.5 Å². The Hall–Kier alpha value is -0.0400. The Morgan fingerprint density at radius 3 is 2.62 bits per heavy atom. The van der Waals surface area contributed by atoms with Crippen LogP contribution in [0.25, 0.3) is 0 Å². The summed E-state index contributed by atoms with van der Waals surface area (Å²) in [6.45, 7) is 13.4. The monoisotopic (exact) mass is 183 g/mol. The zero-order chi connectivity index (χ0) is 9.84. The highest BCUT2D eigenvalue weighted by Gasteiger charge is 2.27. The summed E-state index contributed by atoms with van der Waals surface area (Å²) in [4.78, 5) is 2.64. The van der Waals surface area contributed by atoms with Gasteiger partial charge in [0.05, 0.1) is 0 Å². The van der Waals surface area contributed by atoms with E-state index in [4.69, 9.17) is 0 Å². The van der Waals surface area contributed by atoms with Crippen molar-refractivity contribution in [3.05, 3.63) is 0 Å². The second kappa shape index (κ2) is 4.99. The molecule has 0 saturated carbocycles. The Balaban J connectivity index is 2.43. The van der Waals surface area contributed by atoms with Crippen molar-refractivity contribution in [2.45, 2.75) is 40.5 Å². The Bertz CT molecular complexity index is 142. The highest BCUT2D eigenvalue weighted by atomic mass is 15.1. The van der Waals surface area contributed by atoms with Crippen LogP contribution in [0.3, 0.4) is 0 Å². The average molecular weight is 183 g/mol. The molecule has 0 aromatic carbocycles. The van der Waals surface area contributed by atoms with Crippen molar-refractivity contribution in [1.82, 2.24) is 4.90 Å². The number of nitrogens with zero attached hydrogens (tertiary/aromatic N) is 1. The lowest BCUT2D eigenvalue weighted by atomic mass is 9.79. The summed E-state index contributed by atoms with van der Waals surface area (Å²) in [6, 6.07) is 0. The molecule has 0 aromatic rings. The molecule has 1 saturated heterocycles. The highest BCUT2D eigenvalue weighted by molar-refractivity contribution is 4.79. The second-order valence-electron chi connectivity index (χ2n) is 4.97. The van der Waals surface area contributed by atoms with Crippen LogP contribution in [0, 0.1) is 17.8 Å². The topological polar surface area (TPSA) is 3.24 Å². The molecule has 0 bridgehead atoms. The molecule has 1 fully saturated rings. The molecule has 0 unspecified atom stereocenters. The quantitative estimate of drug-likeness (QED) is 0.650. The molecular formula is C12H25N.